The van der Waals surface area contributed by atoms with Crippen molar-refractivity contribution < 1.29 is 0 Å². The number of fused-ring (bicyclic) bond motifs is 1. The molecule has 0 bridgehead atoms. The van der Waals surface area contributed by atoms with Crippen LogP contribution in [0.2, 0.25) is 0 Å². The Morgan fingerprint density at radius 1 is 0.447 bits per heavy atom. The summed E-state index contributed by atoms with van der Waals surface area (Å²) in [6.45, 7) is 21.7. The fourth-order valence-corrected chi connectivity index (χ4v) is 5.96. The lowest BCUT2D eigenvalue weighted by molar-refractivity contribution is 0.866. The molecule has 38 heavy (non-hydrogen) atoms. The molecule has 4 aromatic carbocycles. The van der Waals surface area contributed by atoms with E-state index < -0.39 is 0 Å². The van der Waals surface area contributed by atoms with E-state index in [1.54, 1.807) is 0 Å². The minimum Gasteiger partial charge on any atom is -0.372 e. The number of benzene rings is 4. The fourth-order valence-electron chi connectivity index (χ4n) is 5.96. The van der Waals surface area contributed by atoms with Gasteiger partial charge < -0.3 is 14.7 Å². The largest absolute Gasteiger partial charge is 0.372 e. The van der Waals surface area contributed by atoms with Crippen molar-refractivity contribution in [3.8, 4) is 22.3 Å². The molecule has 0 unspecified atom stereocenters. The van der Waals surface area contributed by atoms with Gasteiger partial charge in [0.25, 0.3) is 0 Å². The summed E-state index contributed by atoms with van der Waals surface area (Å²) in [7, 11) is 0. The molecule has 0 heterocycles. The monoisotopic (exact) mass is 507 g/mol. The lowest BCUT2D eigenvalue weighted by atomic mass is 9.85. The average molecular weight is 508 g/mol. The van der Waals surface area contributed by atoms with Gasteiger partial charge in [-0.15, -0.1) is 0 Å². The van der Waals surface area contributed by atoms with Crippen LogP contribution < -0.4 is 14.7 Å². The van der Waals surface area contributed by atoms with E-state index in [4.69, 9.17) is 0 Å². The summed E-state index contributed by atoms with van der Waals surface area (Å²) in [6, 6.07) is 27.4. The predicted molar refractivity (Wildman–Crippen MR) is 170 cm³/mol. The lowest BCUT2D eigenvalue weighted by Gasteiger charge is -2.30. The van der Waals surface area contributed by atoms with Gasteiger partial charge in [0.15, 0.2) is 0 Å². The Bertz CT molecular complexity index is 1330. The van der Waals surface area contributed by atoms with Crippen LogP contribution in [0.5, 0.6) is 0 Å². The standard InChI is InChI=1S/C35H45N3/c1-8-36(9-2)29-22-18-27(19-23-29)33-26(7)31-16-14-15-17-32(31)35(38(12-5)13-6)34(33)28-20-24-30(25-21-28)37(10-3)11-4/h14-25H,8-13H2,1-7H3. The van der Waals surface area contributed by atoms with Crippen molar-refractivity contribution in [2.75, 3.05) is 54.0 Å². The molecule has 0 amide bonds. The van der Waals surface area contributed by atoms with Gasteiger partial charge in [-0.1, -0.05) is 48.5 Å². The topological polar surface area (TPSA) is 9.72 Å². The molecule has 0 atom stereocenters. The summed E-state index contributed by atoms with van der Waals surface area (Å²) in [4.78, 5) is 7.35. The zero-order valence-electron chi connectivity index (χ0n) is 24.5. The zero-order valence-corrected chi connectivity index (χ0v) is 24.5. The molecule has 0 aromatic heterocycles. The molecule has 0 aliphatic heterocycles. The van der Waals surface area contributed by atoms with Gasteiger partial charge in [0.1, 0.15) is 0 Å². The van der Waals surface area contributed by atoms with Crippen LogP contribution in [0.1, 0.15) is 47.1 Å². The number of hydrogen-bond donors (Lipinski definition) is 0. The van der Waals surface area contributed by atoms with Crippen LogP contribution in [-0.2, 0) is 0 Å². The molecule has 0 N–H and O–H groups in total. The Morgan fingerprint density at radius 3 is 1.26 bits per heavy atom. The van der Waals surface area contributed by atoms with E-state index >= 15 is 0 Å². The number of hydrogen-bond acceptors (Lipinski definition) is 3. The first-order chi connectivity index (χ1) is 18.5. The third-order valence-electron chi connectivity index (χ3n) is 8.10. The maximum absolute atomic E-state index is 2.53. The first-order valence-electron chi connectivity index (χ1n) is 14.5. The Labute approximate surface area is 230 Å². The van der Waals surface area contributed by atoms with Gasteiger partial charge in [-0.05, 0) is 100 Å². The van der Waals surface area contributed by atoms with Crippen LogP contribution in [-0.4, -0.2) is 39.3 Å². The maximum Gasteiger partial charge on any atom is 0.0531 e. The Kier molecular flexibility index (Phi) is 8.99. The van der Waals surface area contributed by atoms with E-state index in [0.717, 1.165) is 39.3 Å². The first kappa shape index (κ1) is 27.6. The van der Waals surface area contributed by atoms with Gasteiger partial charge in [-0.25, -0.2) is 0 Å². The lowest BCUT2D eigenvalue weighted by Crippen LogP contribution is -2.23. The smallest absolute Gasteiger partial charge is 0.0531 e. The van der Waals surface area contributed by atoms with E-state index in [2.05, 4.69) is 136 Å². The van der Waals surface area contributed by atoms with E-state index in [0.29, 0.717) is 0 Å². The molecular weight excluding hydrogens is 462 g/mol. The van der Waals surface area contributed by atoms with Crippen LogP contribution in [0.4, 0.5) is 17.1 Å². The highest BCUT2D eigenvalue weighted by atomic mass is 15.1. The third-order valence-corrected chi connectivity index (χ3v) is 8.10. The molecular formula is C35H45N3. The van der Waals surface area contributed by atoms with Crippen molar-refractivity contribution in [1.82, 2.24) is 0 Å². The van der Waals surface area contributed by atoms with Crippen LogP contribution >= 0.6 is 0 Å². The van der Waals surface area contributed by atoms with Gasteiger partial charge in [-0.3, -0.25) is 0 Å². The number of anilines is 3. The van der Waals surface area contributed by atoms with Gasteiger partial charge in [0.05, 0.1) is 5.69 Å². The predicted octanol–water partition coefficient (Wildman–Crippen LogP) is 9.02. The van der Waals surface area contributed by atoms with Crippen molar-refractivity contribution in [2.24, 2.45) is 0 Å². The van der Waals surface area contributed by atoms with E-state index in [1.807, 2.05) is 0 Å². The molecule has 200 valence electrons. The first-order valence-corrected chi connectivity index (χ1v) is 14.5. The van der Waals surface area contributed by atoms with Crippen molar-refractivity contribution in [3.05, 3.63) is 78.4 Å². The van der Waals surface area contributed by atoms with Gasteiger partial charge in [0, 0.05) is 61.6 Å². The second-order valence-corrected chi connectivity index (χ2v) is 9.88. The molecule has 0 radical (unpaired) electrons. The van der Waals surface area contributed by atoms with Gasteiger partial charge in [0.2, 0.25) is 0 Å². The van der Waals surface area contributed by atoms with E-state index in [9.17, 15) is 0 Å². The van der Waals surface area contributed by atoms with Crippen molar-refractivity contribution in [3.63, 3.8) is 0 Å². The molecule has 4 rings (SSSR count). The molecule has 3 heteroatoms. The second-order valence-electron chi connectivity index (χ2n) is 9.88. The molecule has 0 spiro atoms. The Hall–Kier alpha value is -3.46. The molecule has 0 saturated heterocycles. The van der Waals surface area contributed by atoms with Crippen molar-refractivity contribution in [2.45, 2.75) is 48.5 Å². The third kappa shape index (κ3) is 5.12. The maximum atomic E-state index is 2.53. The summed E-state index contributed by atoms with van der Waals surface area (Å²) in [6.07, 6.45) is 0. The minimum atomic E-state index is 0.967. The normalized spacial score (nSPS) is 11.1. The minimum absolute atomic E-state index is 0.967. The highest BCUT2D eigenvalue weighted by Gasteiger charge is 2.23. The molecule has 0 saturated carbocycles. The number of aryl methyl sites for hydroxylation is 1. The van der Waals surface area contributed by atoms with E-state index in [-0.39, 0.29) is 0 Å². The number of rotatable bonds is 11. The van der Waals surface area contributed by atoms with Gasteiger partial charge in [-0.2, -0.15) is 0 Å². The molecule has 0 aliphatic carbocycles. The summed E-state index contributed by atoms with van der Waals surface area (Å²) in [5, 5.41) is 2.67. The summed E-state index contributed by atoms with van der Waals surface area (Å²) in [5.41, 5.74) is 10.5. The average Bonchev–Trinajstić information content (AvgIpc) is 2.97. The molecule has 3 nitrogen and oxygen atoms in total. The molecule has 0 aliphatic rings. The number of nitrogens with zero attached hydrogens (tertiary/aromatic N) is 3. The highest BCUT2D eigenvalue weighted by molar-refractivity contribution is 6.10. The van der Waals surface area contributed by atoms with Crippen molar-refractivity contribution in [1.29, 1.82) is 0 Å². The summed E-state index contributed by atoms with van der Waals surface area (Å²) < 4.78 is 0. The SMILES string of the molecule is CCN(CC)c1ccc(-c2c(-c3ccc(N(CC)CC)cc3)c(N(CC)CC)c3ccccc3c2C)cc1. The van der Waals surface area contributed by atoms with Crippen molar-refractivity contribution >= 4 is 27.8 Å². The Balaban J connectivity index is 2.04. The van der Waals surface area contributed by atoms with Crippen LogP contribution in [0, 0.1) is 6.92 Å². The van der Waals surface area contributed by atoms with Crippen LogP contribution in [0.15, 0.2) is 72.8 Å². The fraction of sp³-hybridized carbons (Fsp3) is 0.371. The van der Waals surface area contributed by atoms with Crippen LogP contribution in [0.25, 0.3) is 33.0 Å². The zero-order chi connectivity index (χ0) is 27.2. The molecule has 4 aromatic rings. The Morgan fingerprint density at radius 2 is 0.842 bits per heavy atom. The quantitative estimate of drug-likeness (QED) is 0.200. The van der Waals surface area contributed by atoms with Gasteiger partial charge >= 0.3 is 0 Å². The van der Waals surface area contributed by atoms with Crippen LogP contribution in [0.3, 0.4) is 0 Å². The molecule has 0 fully saturated rings. The summed E-state index contributed by atoms with van der Waals surface area (Å²) >= 11 is 0. The summed E-state index contributed by atoms with van der Waals surface area (Å²) in [5.74, 6) is 0. The second kappa shape index (κ2) is 12.4. The van der Waals surface area contributed by atoms with E-state index in [1.165, 1.54) is 55.7 Å². The highest BCUT2D eigenvalue weighted by Crippen LogP contribution is 2.47.